The van der Waals surface area contributed by atoms with Gasteiger partial charge < -0.3 is 4.42 Å². The van der Waals surface area contributed by atoms with Crippen LogP contribution in [-0.2, 0) is 0 Å². The van der Waals surface area contributed by atoms with E-state index < -0.39 is 0 Å². The van der Waals surface area contributed by atoms with Crippen molar-refractivity contribution in [3.63, 3.8) is 0 Å². The number of rotatable bonds is 6. The fraction of sp³-hybridized carbons (Fsp3) is 0. The molecule has 0 saturated carbocycles. The second-order valence-electron chi connectivity index (χ2n) is 13.9. The minimum absolute atomic E-state index is 0.593. The van der Waals surface area contributed by atoms with E-state index in [0.29, 0.717) is 17.5 Å². The monoisotopic (exact) mass is 733 g/mol. The molecule has 0 radical (unpaired) electrons. The molecule has 0 atom stereocenters. The third kappa shape index (κ3) is 5.48. The molecule has 3 aromatic heterocycles. The van der Waals surface area contributed by atoms with Crippen LogP contribution in [-0.4, -0.2) is 15.0 Å². The van der Waals surface area contributed by atoms with Gasteiger partial charge >= 0.3 is 0 Å². The van der Waals surface area contributed by atoms with E-state index in [9.17, 15) is 0 Å². The van der Waals surface area contributed by atoms with Gasteiger partial charge in [-0.25, -0.2) is 15.0 Å². The van der Waals surface area contributed by atoms with Gasteiger partial charge in [0.25, 0.3) is 0 Å². The maximum Gasteiger partial charge on any atom is 0.164 e. The van der Waals surface area contributed by atoms with Gasteiger partial charge in [0.05, 0.1) is 0 Å². The Kier molecular flexibility index (Phi) is 7.64. The van der Waals surface area contributed by atoms with Crippen molar-refractivity contribution < 1.29 is 4.42 Å². The Bertz CT molecular complexity index is 3240. The Labute approximate surface area is 327 Å². The third-order valence-corrected chi connectivity index (χ3v) is 11.8. The molecule has 0 bridgehead atoms. The number of hydrogen-bond donors (Lipinski definition) is 0. The van der Waals surface area contributed by atoms with E-state index in [1.807, 2.05) is 59.9 Å². The summed E-state index contributed by atoms with van der Waals surface area (Å²) < 4.78 is 9.42. The molecular weight excluding hydrogens is 703 g/mol. The highest BCUT2D eigenvalue weighted by Crippen LogP contribution is 2.45. The molecule has 0 saturated heterocycles. The van der Waals surface area contributed by atoms with E-state index in [1.165, 1.54) is 31.3 Å². The first kappa shape index (κ1) is 32.2. The maximum absolute atomic E-state index is 6.85. The zero-order valence-corrected chi connectivity index (χ0v) is 30.9. The second-order valence-corrected chi connectivity index (χ2v) is 15.0. The molecule has 0 fully saturated rings. The molecule has 0 N–H and O–H groups in total. The van der Waals surface area contributed by atoms with E-state index >= 15 is 0 Å². The van der Waals surface area contributed by atoms with Crippen LogP contribution in [0.5, 0.6) is 0 Å². The number of para-hydroxylation sites is 1. The van der Waals surface area contributed by atoms with Crippen molar-refractivity contribution in [1.82, 2.24) is 15.0 Å². The first-order valence-corrected chi connectivity index (χ1v) is 19.5. The van der Waals surface area contributed by atoms with Crippen LogP contribution in [0.15, 0.2) is 192 Å². The van der Waals surface area contributed by atoms with Crippen LogP contribution in [0.3, 0.4) is 0 Å². The van der Waals surface area contributed by atoms with Crippen LogP contribution in [0, 0.1) is 0 Å². The molecule has 0 unspecified atom stereocenters. The van der Waals surface area contributed by atoms with Gasteiger partial charge in [-0.15, -0.1) is 11.3 Å². The van der Waals surface area contributed by atoms with E-state index in [-0.39, 0.29) is 0 Å². The van der Waals surface area contributed by atoms with Crippen molar-refractivity contribution in [3.05, 3.63) is 188 Å². The molecule has 0 aliphatic rings. The Balaban J connectivity index is 1.12. The lowest BCUT2D eigenvalue weighted by atomic mass is 9.94. The summed E-state index contributed by atoms with van der Waals surface area (Å²) in [7, 11) is 0. The molecule has 8 aromatic carbocycles. The van der Waals surface area contributed by atoms with Gasteiger partial charge in [-0.1, -0.05) is 158 Å². The lowest BCUT2D eigenvalue weighted by Gasteiger charge is -2.10. The zero-order valence-electron chi connectivity index (χ0n) is 30.1. The molecule has 0 spiro atoms. The van der Waals surface area contributed by atoms with Gasteiger partial charge in [0.15, 0.2) is 17.5 Å². The summed E-state index contributed by atoms with van der Waals surface area (Å²) in [5.41, 5.74) is 11.2. The molecule has 0 amide bonds. The summed E-state index contributed by atoms with van der Waals surface area (Å²) in [6.45, 7) is 0. The van der Waals surface area contributed by atoms with Crippen LogP contribution < -0.4 is 0 Å². The second kappa shape index (κ2) is 13.3. The van der Waals surface area contributed by atoms with Crippen molar-refractivity contribution >= 4 is 53.4 Å². The van der Waals surface area contributed by atoms with Gasteiger partial charge in [-0.05, 0) is 52.6 Å². The lowest BCUT2D eigenvalue weighted by Crippen LogP contribution is -2.00. The first-order chi connectivity index (χ1) is 27.7. The predicted molar refractivity (Wildman–Crippen MR) is 233 cm³/mol. The molecule has 5 heteroatoms. The predicted octanol–water partition coefficient (Wildman–Crippen LogP) is 14.1. The molecule has 0 aliphatic carbocycles. The highest BCUT2D eigenvalue weighted by atomic mass is 32.1. The molecular formula is C51H31N3OS. The Morgan fingerprint density at radius 1 is 0.357 bits per heavy atom. The Morgan fingerprint density at radius 2 is 0.946 bits per heavy atom. The summed E-state index contributed by atoms with van der Waals surface area (Å²) in [5, 5.41) is 4.50. The van der Waals surface area contributed by atoms with E-state index in [0.717, 1.165) is 60.9 Å². The quantitative estimate of drug-likeness (QED) is 0.171. The van der Waals surface area contributed by atoms with Crippen LogP contribution in [0.2, 0.25) is 0 Å². The zero-order chi connectivity index (χ0) is 37.0. The van der Waals surface area contributed by atoms with Gasteiger partial charge in [0, 0.05) is 58.8 Å². The van der Waals surface area contributed by atoms with Gasteiger partial charge in [-0.3, -0.25) is 0 Å². The van der Waals surface area contributed by atoms with Crippen molar-refractivity contribution in [1.29, 1.82) is 0 Å². The summed E-state index contributed by atoms with van der Waals surface area (Å²) in [5.74, 6) is 1.82. The minimum atomic E-state index is 0.593. The molecule has 0 aliphatic heterocycles. The van der Waals surface area contributed by atoms with Crippen molar-refractivity contribution in [2.75, 3.05) is 0 Å². The number of benzene rings is 8. The number of furan rings is 1. The highest BCUT2D eigenvalue weighted by molar-refractivity contribution is 7.26. The van der Waals surface area contributed by atoms with Crippen LogP contribution in [0.4, 0.5) is 0 Å². The lowest BCUT2D eigenvalue weighted by molar-refractivity contribution is 0.670. The molecule has 4 nitrogen and oxygen atoms in total. The van der Waals surface area contributed by atoms with Crippen LogP contribution >= 0.6 is 11.3 Å². The highest BCUT2D eigenvalue weighted by Gasteiger charge is 2.21. The Morgan fingerprint density at radius 3 is 1.75 bits per heavy atom. The smallest absolute Gasteiger partial charge is 0.164 e. The van der Waals surface area contributed by atoms with Gasteiger partial charge in [0.1, 0.15) is 11.2 Å². The summed E-state index contributed by atoms with van der Waals surface area (Å²) in [4.78, 5) is 15.4. The molecule has 262 valence electrons. The van der Waals surface area contributed by atoms with Gasteiger partial charge in [-0.2, -0.15) is 0 Å². The van der Waals surface area contributed by atoms with Gasteiger partial charge in [0.2, 0.25) is 0 Å². The van der Waals surface area contributed by atoms with Crippen molar-refractivity contribution in [3.8, 4) is 67.5 Å². The largest absolute Gasteiger partial charge is 0.455 e. The average Bonchev–Trinajstić information content (AvgIpc) is 3.86. The number of hydrogen-bond acceptors (Lipinski definition) is 5. The standard InChI is InChI=1S/C51H31N3OS/c1-4-15-32(16-5-1)35-21-12-22-36(29-35)50-52-49(34-19-8-3-9-20-34)53-51(54-50)41-26-14-27-44-46(41)40-25-13-24-38(47(40)55-44)37-30-42(33-17-6-2-7-18-33)48-43(31-37)39-23-10-11-28-45(39)56-48/h1-31H. The SMILES string of the molecule is c1ccc(-c2cccc(-c3nc(-c4ccccc4)nc(-c4cccc5oc6c(-c7cc(-c8ccccc8)c8sc9ccccc9c8c7)cccc6c45)n3)c2)cc1. The van der Waals surface area contributed by atoms with Crippen LogP contribution in [0.25, 0.3) is 110 Å². The molecule has 3 heterocycles. The normalized spacial score (nSPS) is 11.6. The first-order valence-electron chi connectivity index (χ1n) is 18.7. The van der Waals surface area contributed by atoms with E-state index in [4.69, 9.17) is 19.4 Å². The summed E-state index contributed by atoms with van der Waals surface area (Å²) >= 11 is 1.85. The minimum Gasteiger partial charge on any atom is -0.455 e. The summed E-state index contributed by atoms with van der Waals surface area (Å²) in [6, 6.07) is 65.5. The topological polar surface area (TPSA) is 51.8 Å². The van der Waals surface area contributed by atoms with Crippen molar-refractivity contribution in [2.24, 2.45) is 0 Å². The molecule has 11 rings (SSSR count). The average molecular weight is 734 g/mol. The molecule has 56 heavy (non-hydrogen) atoms. The van der Waals surface area contributed by atoms with Crippen LogP contribution in [0.1, 0.15) is 0 Å². The van der Waals surface area contributed by atoms with E-state index in [2.05, 4.69) is 140 Å². The summed E-state index contributed by atoms with van der Waals surface area (Å²) in [6.07, 6.45) is 0. The Hall–Kier alpha value is -7.21. The maximum atomic E-state index is 6.85. The molecule has 11 aromatic rings. The number of nitrogens with zero attached hydrogens (tertiary/aromatic N) is 3. The fourth-order valence-electron chi connectivity index (χ4n) is 7.89. The number of aromatic nitrogens is 3. The van der Waals surface area contributed by atoms with Crippen molar-refractivity contribution in [2.45, 2.75) is 0 Å². The number of thiophene rings is 1. The third-order valence-electron chi connectivity index (χ3n) is 10.5. The van der Waals surface area contributed by atoms with E-state index in [1.54, 1.807) is 0 Å². The fourth-order valence-corrected chi connectivity index (χ4v) is 9.11. The number of fused-ring (bicyclic) bond motifs is 6.